The maximum Gasteiger partial charge on any atom is 4.00 e. The Morgan fingerprint density at radius 3 is 1.86 bits per heavy atom. The van der Waals surface area contributed by atoms with Crippen molar-refractivity contribution in [3.05, 3.63) is 238 Å². The van der Waals surface area contributed by atoms with Crippen molar-refractivity contribution in [2.75, 3.05) is 7.05 Å². The summed E-state index contributed by atoms with van der Waals surface area (Å²) in [7, 11) is 1.93. The van der Waals surface area contributed by atoms with Crippen LogP contribution in [0.25, 0.3) is 55.8 Å². The summed E-state index contributed by atoms with van der Waals surface area (Å²) in [6.07, 6.45) is 15.6. The molecule has 3 heterocycles. The van der Waals surface area contributed by atoms with E-state index in [0.29, 0.717) is 28.7 Å². The van der Waals surface area contributed by atoms with E-state index in [1.54, 1.807) is 23.2 Å². The fourth-order valence-corrected chi connectivity index (χ4v) is 7.07. The maximum absolute atomic E-state index is 6.57. The van der Waals surface area contributed by atoms with Gasteiger partial charge in [-0.05, 0) is 39.9 Å². The summed E-state index contributed by atoms with van der Waals surface area (Å²) in [6, 6.07) is 78.6. The van der Waals surface area contributed by atoms with Crippen LogP contribution in [-0.4, -0.2) is 31.8 Å². The molecule has 0 amide bonds. The van der Waals surface area contributed by atoms with Gasteiger partial charge in [-0.2, -0.15) is 36.4 Å². The van der Waals surface area contributed by atoms with Crippen molar-refractivity contribution in [3.63, 3.8) is 0 Å². The molecule has 0 atom stereocenters. The van der Waals surface area contributed by atoms with E-state index in [0.717, 1.165) is 55.8 Å². The van der Waals surface area contributed by atoms with Crippen LogP contribution in [-0.2, 0) is 42.1 Å². The van der Waals surface area contributed by atoms with Crippen LogP contribution in [0.2, 0.25) is 0 Å². The summed E-state index contributed by atoms with van der Waals surface area (Å²) in [5, 5.41) is 0. The average Bonchev–Trinajstić information content (AvgIpc) is 4.05. The number of para-hydroxylation sites is 1. The number of aromatic nitrogens is 2. The Balaban J connectivity index is 0.000000642. The van der Waals surface area contributed by atoms with E-state index in [2.05, 4.69) is 121 Å². The minimum absolute atomic E-state index is 0. The zero-order valence-electron chi connectivity index (χ0n) is 34.8. The van der Waals surface area contributed by atoms with Crippen molar-refractivity contribution in [2.24, 2.45) is 0 Å². The first-order valence-corrected chi connectivity index (χ1v) is 20.2. The number of nitrogens with zero attached hydrogens (tertiary/aromatic N) is 4. The molecule has 7 aromatic carbocycles. The molecule has 6 nitrogen and oxygen atoms in total. The van der Waals surface area contributed by atoms with E-state index in [4.69, 9.17) is 20.9 Å². The quantitative estimate of drug-likeness (QED) is 0.0778. The van der Waals surface area contributed by atoms with Crippen LogP contribution in [0.3, 0.4) is 0 Å². The summed E-state index contributed by atoms with van der Waals surface area (Å²) in [5.74, 6) is 2.26. The topological polar surface area (TPSA) is 42.3 Å². The van der Waals surface area contributed by atoms with Gasteiger partial charge in [-0.3, -0.25) is 11.1 Å². The van der Waals surface area contributed by atoms with Crippen LogP contribution < -0.4 is 9.47 Å². The predicted molar refractivity (Wildman–Crippen MR) is 246 cm³/mol. The normalized spacial score (nSPS) is 11.1. The molecule has 0 saturated heterocycles. The summed E-state index contributed by atoms with van der Waals surface area (Å²) >= 11 is 0. The smallest absolute Gasteiger partial charge is 0.669 e. The molecule has 314 valence electrons. The average molecular weight is 1200 g/mol. The second kappa shape index (κ2) is 21.8. The Morgan fingerprint density at radius 1 is 0.585 bits per heavy atom. The molecule has 9 aromatic rings. The molecule has 10 rings (SSSR count). The number of hydrogen-bond acceptors (Lipinski definition) is 3. The predicted octanol–water partition coefficient (Wildman–Crippen LogP) is 12.8. The zero-order chi connectivity index (χ0) is 42.8. The number of hydrogen-bond donors (Lipinski definition) is 0. The molecule has 8 heteroatoms. The Labute approximate surface area is 408 Å². The number of rotatable bonds is 10. The van der Waals surface area contributed by atoms with Gasteiger partial charge in [0.05, 0.1) is 0 Å². The van der Waals surface area contributed by atoms with Crippen molar-refractivity contribution in [1.82, 2.24) is 9.55 Å². The minimum Gasteiger partial charge on any atom is -0.669 e. The van der Waals surface area contributed by atoms with Gasteiger partial charge in [0.15, 0.2) is 7.05 Å². The number of pyridine rings is 1. The fourth-order valence-electron chi connectivity index (χ4n) is 7.07. The van der Waals surface area contributed by atoms with Gasteiger partial charge in [0.1, 0.15) is 5.69 Å². The molecule has 65 heavy (non-hydrogen) atoms. The molecule has 2 aromatic heterocycles. The van der Waals surface area contributed by atoms with Gasteiger partial charge >= 0.3 is 48.1 Å². The summed E-state index contributed by atoms with van der Waals surface area (Å²) in [6.45, 7) is 0. The molecule has 0 radical (unpaired) electrons. The van der Waals surface area contributed by atoms with Crippen LogP contribution >= 0.6 is 0 Å². The van der Waals surface area contributed by atoms with Gasteiger partial charge in [0.2, 0.25) is 6.20 Å². The molecule has 0 unspecified atom stereocenters. The maximum atomic E-state index is 6.57. The van der Waals surface area contributed by atoms with Crippen molar-refractivity contribution in [3.8, 4) is 84.8 Å². The molecular weight excluding hydrogens is 1160 g/mol. The molecule has 0 saturated carbocycles. The van der Waals surface area contributed by atoms with Crippen LogP contribution in [0.5, 0.6) is 23.0 Å². The standard InChI is InChI=1S/C51H32N3O2.C6H4N.2Pt/c1-53-28-29-54(36-53)43-19-12-23-46(35-43)56-45-22-11-18-40(31-45)50-34-39(26-27-52-50)41-30-42(33-47(32-41)55-44-20-9-4-10-21-44)51-48(37-14-5-2-6-15-37)24-13-25-49(51)38-16-7-3-8-17-38;1-2-7-5-3-4-6-7;;/h2-20,22-25,27-30,33-34H,1H3;3-6H;;/q-3;-1;+2;+4. The van der Waals surface area contributed by atoms with E-state index >= 15 is 0 Å². The molecule has 0 N–H and O–H groups in total. The van der Waals surface area contributed by atoms with Crippen LogP contribution in [0.1, 0.15) is 0 Å². The van der Waals surface area contributed by atoms with Crippen molar-refractivity contribution < 1.29 is 60.8 Å². The second-order valence-electron chi connectivity index (χ2n) is 14.3. The number of benzene rings is 7. The zero-order valence-corrected chi connectivity index (χ0v) is 39.3. The van der Waals surface area contributed by atoms with Crippen LogP contribution in [0, 0.1) is 42.8 Å². The van der Waals surface area contributed by atoms with Gasteiger partial charge in [0, 0.05) is 35.4 Å². The van der Waals surface area contributed by atoms with Crippen LogP contribution in [0.15, 0.2) is 201 Å². The van der Waals surface area contributed by atoms with E-state index in [1.165, 1.54) is 0 Å². The molecule has 0 bridgehead atoms. The second-order valence-corrected chi connectivity index (χ2v) is 14.3. The van der Waals surface area contributed by atoms with Gasteiger partial charge in [-0.15, -0.1) is 47.5 Å². The van der Waals surface area contributed by atoms with E-state index in [9.17, 15) is 0 Å². The molecule has 0 fully saturated rings. The Morgan fingerprint density at radius 2 is 1.22 bits per heavy atom. The van der Waals surface area contributed by atoms with Gasteiger partial charge in [0.25, 0.3) is 6.20 Å². The monoisotopic (exact) mass is 1200 g/mol. The third-order valence-electron chi connectivity index (χ3n) is 9.98. The van der Waals surface area contributed by atoms with Crippen LogP contribution in [0.4, 0.5) is 5.69 Å². The van der Waals surface area contributed by atoms with E-state index in [1.807, 2.05) is 120 Å². The first-order valence-electron chi connectivity index (χ1n) is 20.2. The van der Waals surface area contributed by atoms with E-state index < -0.39 is 0 Å². The molecule has 1 aliphatic heterocycles. The third kappa shape index (κ3) is 11.2. The van der Waals surface area contributed by atoms with Gasteiger partial charge in [-0.1, -0.05) is 124 Å². The summed E-state index contributed by atoms with van der Waals surface area (Å²) in [5.41, 5.74) is 10.4. The van der Waals surface area contributed by atoms with Crippen molar-refractivity contribution >= 4 is 11.7 Å². The SMILES string of the molecule is C[N+]1=C=[N+](c2[c-]c(Oc3[c-]c(-c4cc(-c5[c-]c(Oc6[c-]cccc6)cc(-c6c(-c7ccccc7)cccc6-c6ccccc6)c5)[c-]cn4)ccc3)ccc2)C=C1.[C-]#Cn1cccc1.[Pt+2].[Pt+4]. The molecular formula is C57H36N4O2Pt2+2. The summed E-state index contributed by atoms with van der Waals surface area (Å²) in [4.78, 5) is 4.71. The summed E-state index contributed by atoms with van der Waals surface area (Å²) < 4.78 is 18.0. The number of ether oxygens (including phenoxy) is 2. The van der Waals surface area contributed by atoms with Gasteiger partial charge in [-0.25, -0.2) is 18.2 Å². The van der Waals surface area contributed by atoms with Gasteiger partial charge < -0.3 is 25.4 Å². The first-order chi connectivity index (χ1) is 31.1. The Kier molecular flexibility index (Phi) is 15.3. The minimum atomic E-state index is 0. The van der Waals surface area contributed by atoms with Crippen molar-refractivity contribution in [1.29, 1.82) is 0 Å². The Hall–Kier alpha value is -7.37. The molecule has 0 aliphatic carbocycles. The largest absolute Gasteiger partial charge is 4.00 e. The first kappa shape index (κ1) is 45.6. The molecule has 0 spiro atoms. The Bertz CT molecular complexity index is 3120. The fraction of sp³-hybridized carbons (Fsp3) is 0.0175. The third-order valence-corrected chi connectivity index (χ3v) is 9.98. The van der Waals surface area contributed by atoms with Crippen molar-refractivity contribution in [2.45, 2.75) is 0 Å². The van der Waals surface area contributed by atoms with E-state index in [-0.39, 0.29) is 42.1 Å². The molecule has 1 aliphatic rings.